The molecule has 2 heterocycles. The first-order valence-corrected chi connectivity index (χ1v) is 10.0. The van der Waals surface area contributed by atoms with Crippen molar-refractivity contribution in [1.82, 2.24) is 14.5 Å². The highest BCUT2D eigenvalue weighted by molar-refractivity contribution is 6.09. The quantitative estimate of drug-likeness (QED) is 0.354. The molecule has 4 aromatic rings. The molecule has 4 rings (SSSR count). The van der Waals surface area contributed by atoms with Crippen LogP contribution >= 0.6 is 0 Å². The summed E-state index contributed by atoms with van der Waals surface area (Å²) >= 11 is 0. The van der Waals surface area contributed by atoms with Crippen molar-refractivity contribution in [2.45, 2.75) is 19.8 Å². The zero-order valence-corrected chi connectivity index (χ0v) is 17.7. The van der Waals surface area contributed by atoms with Gasteiger partial charge in [0.05, 0.1) is 37.5 Å². The van der Waals surface area contributed by atoms with Crippen LogP contribution in [0.3, 0.4) is 0 Å². The zero-order valence-electron chi connectivity index (χ0n) is 17.7. The Balaban J connectivity index is 1.97. The van der Waals surface area contributed by atoms with E-state index in [1.807, 2.05) is 37.3 Å². The molecule has 2 N–H and O–H groups in total. The molecule has 160 valence electrons. The normalized spacial score (nSPS) is 11.1. The standard InChI is InChI=1S/C23H24N4O4/c1-4-5-12-31-23(28)19-20-22(26-16-9-7-6-8-15(16)25-20)27(21(19)24)14-10-11-17(29-2)18(13-14)30-3/h6-11,13H,4-5,12,24H2,1-3H3. The summed E-state index contributed by atoms with van der Waals surface area (Å²) < 4.78 is 17.9. The molecule has 0 atom stereocenters. The van der Waals surface area contributed by atoms with Gasteiger partial charge in [-0.3, -0.25) is 4.57 Å². The van der Waals surface area contributed by atoms with Crippen LogP contribution < -0.4 is 15.2 Å². The molecule has 0 aliphatic heterocycles. The fraction of sp³-hybridized carbons (Fsp3) is 0.261. The minimum Gasteiger partial charge on any atom is -0.493 e. The molecule has 8 heteroatoms. The molecular formula is C23H24N4O4. The van der Waals surface area contributed by atoms with Crippen LogP contribution in [0.1, 0.15) is 30.1 Å². The molecule has 0 saturated carbocycles. The van der Waals surface area contributed by atoms with Gasteiger partial charge in [-0.25, -0.2) is 14.8 Å². The number of nitrogen functional groups attached to an aromatic ring is 1. The zero-order chi connectivity index (χ0) is 22.0. The summed E-state index contributed by atoms with van der Waals surface area (Å²) in [7, 11) is 3.13. The number of hydrogen-bond acceptors (Lipinski definition) is 7. The van der Waals surface area contributed by atoms with Crippen molar-refractivity contribution in [3.8, 4) is 17.2 Å². The van der Waals surface area contributed by atoms with Gasteiger partial charge in [0.15, 0.2) is 17.1 Å². The maximum Gasteiger partial charge on any atom is 0.344 e. The van der Waals surface area contributed by atoms with Gasteiger partial charge in [0.2, 0.25) is 0 Å². The Hall–Kier alpha value is -3.81. The maximum absolute atomic E-state index is 12.9. The topological polar surface area (TPSA) is 101 Å². The van der Waals surface area contributed by atoms with Gasteiger partial charge in [-0.05, 0) is 30.7 Å². The lowest BCUT2D eigenvalue weighted by Crippen LogP contribution is -2.10. The molecule has 0 amide bonds. The Morgan fingerprint density at radius 2 is 1.74 bits per heavy atom. The minimum atomic E-state index is -0.514. The maximum atomic E-state index is 12.9. The lowest BCUT2D eigenvalue weighted by molar-refractivity contribution is 0.0503. The van der Waals surface area contributed by atoms with E-state index in [9.17, 15) is 4.79 Å². The summed E-state index contributed by atoms with van der Waals surface area (Å²) in [6, 6.07) is 12.8. The highest BCUT2D eigenvalue weighted by Gasteiger charge is 2.26. The van der Waals surface area contributed by atoms with E-state index in [1.165, 1.54) is 0 Å². The summed E-state index contributed by atoms with van der Waals surface area (Å²) in [4.78, 5) is 22.4. The van der Waals surface area contributed by atoms with Gasteiger partial charge in [-0.1, -0.05) is 25.5 Å². The van der Waals surface area contributed by atoms with Gasteiger partial charge in [0.25, 0.3) is 0 Å². The smallest absolute Gasteiger partial charge is 0.344 e. The van der Waals surface area contributed by atoms with Crippen LogP contribution in [-0.2, 0) is 4.74 Å². The predicted octanol–water partition coefficient (Wildman–Crippen LogP) is 4.13. The molecule has 0 fully saturated rings. The van der Waals surface area contributed by atoms with Crippen LogP contribution in [0.2, 0.25) is 0 Å². The summed E-state index contributed by atoms with van der Waals surface area (Å²) in [5.74, 6) is 0.804. The minimum absolute atomic E-state index is 0.207. The Morgan fingerprint density at radius 3 is 2.42 bits per heavy atom. The highest BCUT2D eigenvalue weighted by atomic mass is 16.5. The number of carbonyl (C=O) groups is 1. The highest BCUT2D eigenvalue weighted by Crippen LogP contribution is 2.35. The number of rotatable bonds is 7. The van der Waals surface area contributed by atoms with Crippen molar-refractivity contribution >= 4 is 34.0 Å². The monoisotopic (exact) mass is 420 g/mol. The molecule has 0 aliphatic carbocycles. The number of aromatic nitrogens is 3. The second kappa shape index (κ2) is 8.51. The van der Waals surface area contributed by atoms with Crippen molar-refractivity contribution < 1.29 is 19.0 Å². The first-order chi connectivity index (χ1) is 15.1. The van der Waals surface area contributed by atoms with Crippen molar-refractivity contribution in [3.63, 3.8) is 0 Å². The predicted molar refractivity (Wildman–Crippen MR) is 119 cm³/mol. The molecule has 31 heavy (non-hydrogen) atoms. The number of benzene rings is 2. The van der Waals surface area contributed by atoms with Crippen molar-refractivity contribution in [2.75, 3.05) is 26.6 Å². The molecule has 0 unspecified atom stereocenters. The van der Waals surface area contributed by atoms with Crippen LogP contribution in [0.4, 0.5) is 5.82 Å². The molecular weight excluding hydrogens is 396 g/mol. The van der Waals surface area contributed by atoms with E-state index in [0.29, 0.717) is 46.0 Å². The average molecular weight is 420 g/mol. The van der Waals surface area contributed by atoms with E-state index < -0.39 is 5.97 Å². The van der Waals surface area contributed by atoms with Gasteiger partial charge in [-0.15, -0.1) is 0 Å². The number of fused-ring (bicyclic) bond motifs is 2. The third-order valence-electron chi connectivity index (χ3n) is 5.06. The number of nitrogens with two attached hydrogens (primary N) is 1. The van der Waals surface area contributed by atoms with Crippen LogP contribution in [0.25, 0.3) is 27.9 Å². The Labute approximate surface area is 179 Å². The van der Waals surface area contributed by atoms with E-state index in [-0.39, 0.29) is 11.4 Å². The molecule has 2 aromatic carbocycles. The van der Waals surface area contributed by atoms with Crippen LogP contribution in [0.5, 0.6) is 11.5 Å². The second-order valence-electron chi connectivity index (χ2n) is 7.01. The van der Waals surface area contributed by atoms with E-state index in [4.69, 9.17) is 29.9 Å². The van der Waals surface area contributed by atoms with Gasteiger partial charge < -0.3 is 19.9 Å². The molecule has 0 radical (unpaired) electrons. The van der Waals surface area contributed by atoms with Gasteiger partial charge >= 0.3 is 5.97 Å². The molecule has 8 nitrogen and oxygen atoms in total. The summed E-state index contributed by atoms with van der Waals surface area (Å²) in [5, 5.41) is 0. The summed E-state index contributed by atoms with van der Waals surface area (Å²) in [6.07, 6.45) is 1.69. The fourth-order valence-corrected chi connectivity index (χ4v) is 3.47. The summed E-state index contributed by atoms with van der Waals surface area (Å²) in [6.45, 7) is 2.35. The van der Waals surface area contributed by atoms with E-state index in [0.717, 1.165) is 12.8 Å². The number of nitrogens with zero attached hydrogens (tertiary/aromatic N) is 3. The van der Waals surface area contributed by atoms with Crippen molar-refractivity contribution in [1.29, 1.82) is 0 Å². The number of ether oxygens (including phenoxy) is 3. The number of esters is 1. The van der Waals surface area contributed by atoms with Crippen LogP contribution in [0.15, 0.2) is 42.5 Å². The molecule has 0 bridgehead atoms. The number of methoxy groups -OCH3 is 2. The Kier molecular flexibility index (Phi) is 5.62. The number of anilines is 1. The lowest BCUT2D eigenvalue weighted by Gasteiger charge is -2.12. The van der Waals surface area contributed by atoms with Gasteiger partial charge in [0, 0.05) is 6.07 Å². The van der Waals surface area contributed by atoms with Crippen molar-refractivity contribution in [2.24, 2.45) is 0 Å². The van der Waals surface area contributed by atoms with Gasteiger partial charge in [0.1, 0.15) is 16.9 Å². The third-order valence-corrected chi connectivity index (χ3v) is 5.06. The average Bonchev–Trinajstić information content (AvgIpc) is 3.07. The lowest BCUT2D eigenvalue weighted by atomic mass is 10.2. The SMILES string of the molecule is CCCCOC(=O)c1c(N)n(-c2ccc(OC)c(OC)c2)c2nc3ccccc3nc12. The van der Waals surface area contributed by atoms with Gasteiger partial charge in [-0.2, -0.15) is 0 Å². The Morgan fingerprint density at radius 1 is 1.03 bits per heavy atom. The van der Waals surface area contributed by atoms with E-state index in [1.54, 1.807) is 30.9 Å². The first kappa shape index (κ1) is 20.5. The molecule has 2 aromatic heterocycles. The molecule has 0 saturated heterocycles. The Bertz CT molecular complexity index is 1270. The largest absolute Gasteiger partial charge is 0.493 e. The molecule has 0 spiro atoms. The van der Waals surface area contributed by atoms with Crippen LogP contribution in [-0.4, -0.2) is 41.3 Å². The van der Waals surface area contributed by atoms with E-state index >= 15 is 0 Å². The number of para-hydroxylation sites is 2. The van der Waals surface area contributed by atoms with Crippen LogP contribution in [0, 0.1) is 0 Å². The number of carbonyl (C=O) groups excluding carboxylic acids is 1. The number of hydrogen-bond donors (Lipinski definition) is 1. The number of unbranched alkanes of at least 4 members (excludes halogenated alkanes) is 1. The summed E-state index contributed by atoms with van der Waals surface area (Å²) in [5.41, 5.74) is 9.58. The molecule has 0 aliphatic rings. The fourth-order valence-electron chi connectivity index (χ4n) is 3.47. The third kappa shape index (κ3) is 3.61. The second-order valence-corrected chi connectivity index (χ2v) is 7.01. The first-order valence-electron chi connectivity index (χ1n) is 10.0. The van der Waals surface area contributed by atoms with Crippen molar-refractivity contribution in [3.05, 3.63) is 48.0 Å². The van der Waals surface area contributed by atoms with E-state index in [2.05, 4.69) is 0 Å².